The van der Waals surface area contributed by atoms with Crippen LogP contribution in [0.15, 0.2) is 36.9 Å². The first kappa shape index (κ1) is 15.0. The van der Waals surface area contributed by atoms with Crippen LogP contribution in [0.5, 0.6) is 0 Å². The van der Waals surface area contributed by atoms with Crippen molar-refractivity contribution in [2.45, 2.75) is 12.5 Å². The minimum atomic E-state index is -1.02. The standard InChI is InChI=1S/C13H14ClNO4/c1-2-7-19-13(18)15-11(8-12(16)17)9-3-5-10(14)6-4-9/h2-6,11H,1,7-8H2,(H,15,18)(H,16,17). The monoisotopic (exact) mass is 283 g/mol. The van der Waals surface area contributed by atoms with Crippen LogP contribution in [0, 0.1) is 0 Å². The lowest BCUT2D eigenvalue weighted by Crippen LogP contribution is -2.30. The molecule has 1 rings (SSSR count). The number of amides is 1. The fourth-order valence-electron chi connectivity index (χ4n) is 1.44. The quantitative estimate of drug-likeness (QED) is 0.787. The molecule has 5 nitrogen and oxygen atoms in total. The minimum absolute atomic E-state index is 0.0617. The first-order chi connectivity index (χ1) is 9.02. The van der Waals surface area contributed by atoms with E-state index < -0.39 is 18.1 Å². The van der Waals surface area contributed by atoms with Gasteiger partial charge in [-0.2, -0.15) is 0 Å². The van der Waals surface area contributed by atoms with Crippen molar-refractivity contribution in [2.24, 2.45) is 0 Å². The molecule has 102 valence electrons. The van der Waals surface area contributed by atoms with Crippen LogP contribution < -0.4 is 5.32 Å². The molecule has 0 aliphatic heterocycles. The summed E-state index contributed by atoms with van der Waals surface area (Å²) in [6, 6.07) is 5.89. The molecular formula is C13H14ClNO4. The molecule has 0 radical (unpaired) electrons. The zero-order chi connectivity index (χ0) is 14.3. The lowest BCUT2D eigenvalue weighted by molar-refractivity contribution is -0.137. The highest BCUT2D eigenvalue weighted by Crippen LogP contribution is 2.19. The van der Waals surface area contributed by atoms with E-state index in [4.69, 9.17) is 21.4 Å². The van der Waals surface area contributed by atoms with Crippen molar-refractivity contribution in [3.05, 3.63) is 47.5 Å². The molecule has 0 aromatic heterocycles. The Morgan fingerprint density at radius 3 is 2.58 bits per heavy atom. The second-order valence-electron chi connectivity index (χ2n) is 3.73. The maximum atomic E-state index is 11.4. The van der Waals surface area contributed by atoms with Crippen molar-refractivity contribution in [3.63, 3.8) is 0 Å². The Morgan fingerprint density at radius 2 is 2.05 bits per heavy atom. The predicted octanol–water partition coefficient (Wildman–Crippen LogP) is 2.77. The molecule has 1 aromatic carbocycles. The summed E-state index contributed by atoms with van der Waals surface area (Å²) in [7, 11) is 0. The Bertz CT molecular complexity index is 458. The molecule has 0 saturated carbocycles. The third-order valence-corrected chi connectivity index (χ3v) is 2.53. The molecule has 1 aromatic rings. The number of carboxylic acid groups (broad SMARTS) is 1. The van der Waals surface area contributed by atoms with Crippen LogP contribution in [0.4, 0.5) is 4.79 Å². The highest BCUT2D eigenvalue weighted by molar-refractivity contribution is 6.30. The van der Waals surface area contributed by atoms with Crippen LogP contribution in [0.25, 0.3) is 0 Å². The number of hydrogen-bond donors (Lipinski definition) is 2. The van der Waals surface area contributed by atoms with E-state index in [1.54, 1.807) is 24.3 Å². The SMILES string of the molecule is C=CCOC(=O)NC(CC(=O)O)c1ccc(Cl)cc1. The van der Waals surface area contributed by atoms with E-state index in [1.807, 2.05) is 0 Å². The molecular weight excluding hydrogens is 270 g/mol. The largest absolute Gasteiger partial charge is 0.481 e. The number of carbonyl (C=O) groups excluding carboxylic acids is 1. The van der Waals surface area contributed by atoms with Crippen molar-refractivity contribution in [1.82, 2.24) is 5.32 Å². The van der Waals surface area contributed by atoms with Gasteiger partial charge in [0, 0.05) is 5.02 Å². The zero-order valence-electron chi connectivity index (χ0n) is 10.1. The van der Waals surface area contributed by atoms with E-state index in [2.05, 4.69) is 11.9 Å². The number of carbonyl (C=O) groups is 2. The Labute approximate surface area is 115 Å². The molecule has 19 heavy (non-hydrogen) atoms. The molecule has 1 atom stereocenters. The van der Waals surface area contributed by atoms with Gasteiger partial charge in [-0.15, -0.1) is 0 Å². The Hall–Kier alpha value is -2.01. The van der Waals surface area contributed by atoms with Crippen molar-refractivity contribution >= 4 is 23.7 Å². The van der Waals surface area contributed by atoms with Crippen molar-refractivity contribution < 1.29 is 19.4 Å². The van der Waals surface area contributed by atoms with E-state index in [1.165, 1.54) is 6.08 Å². The van der Waals surface area contributed by atoms with Crippen LogP contribution in [0.2, 0.25) is 5.02 Å². The Balaban J connectivity index is 2.76. The lowest BCUT2D eigenvalue weighted by atomic mass is 10.0. The van der Waals surface area contributed by atoms with E-state index in [-0.39, 0.29) is 13.0 Å². The van der Waals surface area contributed by atoms with Crippen molar-refractivity contribution in [2.75, 3.05) is 6.61 Å². The summed E-state index contributed by atoms with van der Waals surface area (Å²) < 4.78 is 4.76. The van der Waals surface area contributed by atoms with Gasteiger partial charge >= 0.3 is 12.1 Å². The third kappa shape index (κ3) is 5.44. The molecule has 0 bridgehead atoms. The number of nitrogens with one attached hydrogen (secondary N) is 1. The Morgan fingerprint density at radius 1 is 1.42 bits per heavy atom. The molecule has 1 unspecified atom stereocenters. The number of alkyl carbamates (subject to hydrolysis) is 1. The van der Waals surface area contributed by atoms with Gasteiger partial charge in [0.05, 0.1) is 12.5 Å². The van der Waals surface area contributed by atoms with Gasteiger partial charge in [-0.1, -0.05) is 36.4 Å². The number of carboxylic acids is 1. The van der Waals surface area contributed by atoms with Gasteiger partial charge in [-0.05, 0) is 17.7 Å². The average molecular weight is 284 g/mol. The average Bonchev–Trinajstić information content (AvgIpc) is 2.36. The van der Waals surface area contributed by atoms with E-state index in [0.29, 0.717) is 10.6 Å². The topological polar surface area (TPSA) is 75.6 Å². The molecule has 0 fully saturated rings. The fraction of sp³-hybridized carbons (Fsp3) is 0.231. The second-order valence-corrected chi connectivity index (χ2v) is 4.17. The van der Waals surface area contributed by atoms with Gasteiger partial charge in [0.15, 0.2) is 0 Å². The second kappa shape index (κ2) is 7.43. The minimum Gasteiger partial charge on any atom is -0.481 e. The van der Waals surface area contributed by atoms with Gasteiger partial charge < -0.3 is 15.2 Å². The number of rotatable bonds is 6. The fourth-order valence-corrected chi connectivity index (χ4v) is 1.57. The van der Waals surface area contributed by atoms with Crippen LogP contribution >= 0.6 is 11.6 Å². The number of benzene rings is 1. The summed E-state index contributed by atoms with van der Waals surface area (Å²) in [5.41, 5.74) is 0.641. The van der Waals surface area contributed by atoms with Crippen molar-refractivity contribution in [3.8, 4) is 0 Å². The first-order valence-electron chi connectivity index (χ1n) is 5.54. The Kier molecular flexibility index (Phi) is 5.89. The molecule has 0 saturated heterocycles. The maximum absolute atomic E-state index is 11.4. The molecule has 6 heteroatoms. The van der Waals surface area contributed by atoms with Gasteiger partial charge in [0.2, 0.25) is 0 Å². The van der Waals surface area contributed by atoms with Gasteiger partial charge in [-0.3, -0.25) is 4.79 Å². The summed E-state index contributed by atoms with van der Waals surface area (Å²) in [6.45, 7) is 3.48. The predicted molar refractivity (Wildman–Crippen MR) is 71.1 cm³/mol. The molecule has 1 amide bonds. The normalized spacial score (nSPS) is 11.4. The van der Waals surface area contributed by atoms with E-state index in [9.17, 15) is 9.59 Å². The lowest BCUT2D eigenvalue weighted by Gasteiger charge is -2.17. The summed E-state index contributed by atoms with van der Waals surface area (Å²) in [5.74, 6) is -1.02. The summed E-state index contributed by atoms with van der Waals surface area (Å²) in [5, 5.41) is 11.9. The molecule has 0 spiro atoms. The molecule has 0 heterocycles. The maximum Gasteiger partial charge on any atom is 0.407 e. The highest BCUT2D eigenvalue weighted by atomic mass is 35.5. The molecule has 0 aliphatic rings. The van der Waals surface area contributed by atoms with Gasteiger partial charge in [0.25, 0.3) is 0 Å². The molecule has 2 N–H and O–H groups in total. The number of ether oxygens (including phenoxy) is 1. The third-order valence-electron chi connectivity index (χ3n) is 2.28. The zero-order valence-corrected chi connectivity index (χ0v) is 10.9. The van der Waals surface area contributed by atoms with Crippen LogP contribution in [0.3, 0.4) is 0 Å². The smallest absolute Gasteiger partial charge is 0.407 e. The van der Waals surface area contributed by atoms with E-state index >= 15 is 0 Å². The highest BCUT2D eigenvalue weighted by Gasteiger charge is 2.18. The van der Waals surface area contributed by atoms with Crippen LogP contribution in [-0.4, -0.2) is 23.8 Å². The first-order valence-corrected chi connectivity index (χ1v) is 5.92. The number of halogens is 1. The van der Waals surface area contributed by atoms with Crippen LogP contribution in [0.1, 0.15) is 18.0 Å². The summed E-state index contributed by atoms with van der Waals surface area (Å²) in [6.07, 6.45) is 0.486. The summed E-state index contributed by atoms with van der Waals surface area (Å²) >= 11 is 5.76. The van der Waals surface area contributed by atoms with Crippen molar-refractivity contribution in [1.29, 1.82) is 0 Å². The van der Waals surface area contributed by atoms with E-state index in [0.717, 1.165) is 0 Å². The summed E-state index contributed by atoms with van der Waals surface area (Å²) in [4.78, 5) is 22.2. The van der Waals surface area contributed by atoms with Gasteiger partial charge in [-0.25, -0.2) is 4.79 Å². The van der Waals surface area contributed by atoms with Crippen LogP contribution in [-0.2, 0) is 9.53 Å². The molecule has 0 aliphatic carbocycles. The van der Waals surface area contributed by atoms with Gasteiger partial charge in [0.1, 0.15) is 6.61 Å². The number of aliphatic carboxylic acids is 1. The number of hydrogen-bond acceptors (Lipinski definition) is 3.